The first-order chi connectivity index (χ1) is 14.5. The van der Waals surface area contributed by atoms with Gasteiger partial charge >= 0.3 is 182 Å². The number of hydrogen-bond donors (Lipinski definition) is 0. The summed E-state index contributed by atoms with van der Waals surface area (Å²) in [5, 5.41) is 22.7. The van der Waals surface area contributed by atoms with Gasteiger partial charge in [0.1, 0.15) is 0 Å². The number of hydrogen-bond acceptors (Lipinski definition) is 5. The molecule has 0 fully saturated rings. The second kappa shape index (κ2) is 7.25. The summed E-state index contributed by atoms with van der Waals surface area (Å²) in [5.41, 5.74) is 5.31. The summed E-state index contributed by atoms with van der Waals surface area (Å²) in [6, 6.07) is 19.7. The van der Waals surface area contributed by atoms with E-state index < -0.39 is 9.85 Å². The first-order valence-corrected chi connectivity index (χ1v) is 11.6. The maximum atomic E-state index is 11.4. The van der Waals surface area contributed by atoms with Crippen LogP contribution in [0.4, 0.5) is 11.4 Å². The molecule has 0 spiro atoms. The molecule has 0 amide bonds. The summed E-state index contributed by atoms with van der Waals surface area (Å²) in [4.78, 5) is 25.3. The van der Waals surface area contributed by atoms with Gasteiger partial charge in [0, 0.05) is 0 Å². The van der Waals surface area contributed by atoms with E-state index in [1.165, 1.54) is 12.1 Å². The van der Waals surface area contributed by atoms with E-state index in [1.54, 1.807) is 36.0 Å². The summed E-state index contributed by atoms with van der Waals surface area (Å²) >= 11 is 1.67. The molecule has 5 rings (SSSR count). The van der Waals surface area contributed by atoms with E-state index >= 15 is 0 Å². The first kappa shape index (κ1) is 18.8. The van der Waals surface area contributed by atoms with E-state index in [1.807, 2.05) is 18.2 Å². The Kier molecular flexibility index (Phi) is 4.55. The summed E-state index contributed by atoms with van der Waals surface area (Å²) in [5.74, 6) is 0. The van der Waals surface area contributed by atoms with Crippen molar-refractivity contribution in [2.45, 2.75) is 0 Å². The molecule has 0 saturated heterocycles. The van der Waals surface area contributed by atoms with Crippen LogP contribution in [0.1, 0.15) is 16.7 Å². The van der Waals surface area contributed by atoms with Crippen molar-refractivity contribution in [1.82, 2.24) is 0 Å². The quantitative estimate of drug-likeness (QED) is 0.215. The third-order valence-corrected chi connectivity index (χ3v) is 8.94. The molecule has 0 atom stereocenters. The Morgan fingerprint density at radius 3 is 1.83 bits per heavy atom. The van der Waals surface area contributed by atoms with E-state index in [9.17, 15) is 20.2 Å². The molecule has 0 aromatic heterocycles. The molecular weight excluding hydrogens is 467 g/mol. The zero-order valence-corrected chi connectivity index (χ0v) is 17.8. The van der Waals surface area contributed by atoms with E-state index in [-0.39, 0.29) is 26.3 Å². The van der Waals surface area contributed by atoms with Crippen LogP contribution in [-0.4, -0.2) is 24.8 Å². The Morgan fingerprint density at radius 1 is 0.733 bits per heavy atom. The fraction of sp³-hybridized carbons (Fsp3) is 0. The standard InChI is InChI=1S/C22H12N2O4SSe/c25-23(26)14-6-8-16-17-9-7-15(24(27)28)11-19(17)21(18(16)10-14)22-29-20(12-30-22)13-4-2-1-3-5-13/h1-12H. The van der Waals surface area contributed by atoms with E-state index in [2.05, 4.69) is 17.1 Å². The van der Waals surface area contributed by atoms with Gasteiger partial charge in [-0.15, -0.1) is 0 Å². The molecule has 1 aliphatic carbocycles. The molecule has 8 heteroatoms. The van der Waals surface area contributed by atoms with Crippen LogP contribution >= 0.6 is 11.8 Å². The third kappa shape index (κ3) is 3.06. The number of nitro groups is 2. The number of thioether (sulfide) groups is 1. The fourth-order valence-electron chi connectivity index (χ4n) is 3.63. The Labute approximate surface area is 181 Å². The molecule has 6 nitrogen and oxygen atoms in total. The zero-order valence-electron chi connectivity index (χ0n) is 15.3. The van der Waals surface area contributed by atoms with Crippen LogP contribution in [0.15, 0.2) is 75.5 Å². The number of nitro benzene ring substituents is 2. The van der Waals surface area contributed by atoms with Gasteiger partial charge in [0.05, 0.1) is 0 Å². The van der Waals surface area contributed by atoms with Gasteiger partial charge in [0.2, 0.25) is 0 Å². The van der Waals surface area contributed by atoms with Crippen LogP contribution in [0.3, 0.4) is 0 Å². The maximum absolute atomic E-state index is 11.4. The average Bonchev–Trinajstić information content (AvgIpc) is 3.35. The van der Waals surface area contributed by atoms with E-state index in [4.69, 9.17) is 0 Å². The molecule has 0 N–H and O–H groups in total. The van der Waals surface area contributed by atoms with Crippen molar-refractivity contribution in [1.29, 1.82) is 0 Å². The topological polar surface area (TPSA) is 86.3 Å². The predicted molar refractivity (Wildman–Crippen MR) is 119 cm³/mol. The Morgan fingerprint density at radius 2 is 1.30 bits per heavy atom. The number of fused-ring (bicyclic) bond motifs is 3. The van der Waals surface area contributed by atoms with Gasteiger partial charge in [-0.1, -0.05) is 0 Å². The predicted octanol–water partition coefficient (Wildman–Crippen LogP) is 5.65. The van der Waals surface area contributed by atoms with Crippen molar-refractivity contribution < 1.29 is 9.85 Å². The van der Waals surface area contributed by atoms with Gasteiger partial charge in [0.25, 0.3) is 0 Å². The van der Waals surface area contributed by atoms with Gasteiger partial charge in [-0.3, -0.25) is 0 Å². The summed E-state index contributed by atoms with van der Waals surface area (Å²) < 4.78 is 1.10. The average molecular weight is 479 g/mol. The van der Waals surface area contributed by atoms with Crippen LogP contribution in [0, 0.1) is 20.2 Å². The monoisotopic (exact) mass is 480 g/mol. The van der Waals surface area contributed by atoms with E-state index in [0.29, 0.717) is 0 Å². The number of rotatable bonds is 3. The van der Waals surface area contributed by atoms with Crippen molar-refractivity contribution in [3.05, 3.63) is 112 Å². The molecule has 3 aromatic rings. The molecule has 1 aliphatic heterocycles. The first-order valence-electron chi connectivity index (χ1n) is 8.95. The Bertz CT molecular complexity index is 1240. The van der Waals surface area contributed by atoms with Crippen LogP contribution in [0.25, 0.3) is 21.6 Å². The molecule has 2 aliphatic rings. The molecule has 0 unspecified atom stereocenters. The number of non-ortho nitro benzene ring substituents is 2. The zero-order chi connectivity index (χ0) is 20.8. The number of nitrogens with zero attached hydrogens (tertiary/aromatic N) is 2. The Hall–Kier alpha value is -3.19. The molecule has 1 heterocycles. The van der Waals surface area contributed by atoms with Crippen molar-refractivity contribution in [2.75, 3.05) is 0 Å². The molecule has 0 bridgehead atoms. The minimum atomic E-state index is -0.408. The van der Waals surface area contributed by atoms with Crippen LogP contribution in [0.5, 0.6) is 0 Å². The summed E-state index contributed by atoms with van der Waals surface area (Å²) in [6.45, 7) is 0. The van der Waals surface area contributed by atoms with Gasteiger partial charge in [-0.25, -0.2) is 0 Å². The Balaban J connectivity index is 1.69. The number of benzene rings is 3. The molecule has 0 radical (unpaired) electrons. The fourth-order valence-corrected chi connectivity index (χ4v) is 7.62. The van der Waals surface area contributed by atoms with Crippen molar-refractivity contribution in [3.63, 3.8) is 0 Å². The SMILES string of the molecule is O=[N+]([O-])c1ccc2c(c1)C(=C1SC(c3ccccc3)=C[Se]1)c1cc([N+](=O)[O-])ccc1-2. The van der Waals surface area contributed by atoms with Crippen molar-refractivity contribution >= 4 is 48.6 Å². The third-order valence-electron chi connectivity index (χ3n) is 4.99. The molecular formula is C22H12N2O4SSe. The van der Waals surface area contributed by atoms with Crippen LogP contribution in [0.2, 0.25) is 0 Å². The molecule has 30 heavy (non-hydrogen) atoms. The summed E-state index contributed by atoms with van der Waals surface area (Å²) in [7, 11) is 0. The van der Waals surface area contributed by atoms with Crippen molar-refractivity contribution in [3.8, 4) is 11.1 Å². The summed E-state index contributed by atoms with van der Waals surface area (Å²) in [6.07, 6.45) is 0. The molecule has 146 valence electrons. The van der Waals surface area contributed by atoms with Crippen LogP contribution < -0.4 is 0 Å². The van der Waals surface area contributed by atoms with Gasteiger partial charge in [-0.2, -0.15) is 0 Å². The van der Waals surface area contributed by atoms with Crippen LogP contribution in [-0.2, 0) is 0 Å². The normalized spacial score (nSPS) is 14.3. The van der Waals surface area contributed by atoms with Gasteiger partial charge in [-0.05, 0) is 0 Å². The van der Waals surface area contributed by atoms with E-state index in [0.717, 1.165) is 42.1 Å². The van der Waals surface area contributed by atoms with Gasteiger partial charge < -0.3 is 0 Å². The van der Waals surface area contributed by atoms with Gasteiger partial charge in [0.15, 0.2) is 0 Å². The second-order valence-electron chi connectivity index (χ2n) is 6.70. The molecule has 3 aromatic carbocycles. The molecule has 0 saturated carbocycles. The minimum absolute atomic E-state index is 0.0147. The second-order valence-corrected chi connectivity index (χ2v) is 10.2. The van der Waals surface area contributed by atoms with Crippen molar-refractivity contribution in [2.24, 2.45) is 0 Å².